The van der Waals surface area contributed by atoms with Crippen LogP contribution < -0.4 is 9.47 Å². The molecule has 4 atom stereocenters. The van der Waals surface area contributed by atoms with Crippen molar-refractivity contribution in [2.45, 2.75) is 44.5 Å². The highest BCUT2D eigenvalue weighted by molar-refractivity contribution is 5.42. The van der Waals surface area contributed by atoms with Crippen molar-refractivity contribution in [1.29, 1.82) is 0 Å². The van der Waals surface area contributed by atoms with E-state index in [0.717, 1.165) is 29.9 Å². The number of aliphatic hydroxyl groups excluding tert-OH is 1. The molecule has 1 N–H and O–H groups in total. The molecule has 0 aliphatic carbocycles. The molecule has 0 amide bonds. The van der Waals surface area contributed by atoms with Crippen LogP contribution in [0.2, 0.25) is 0 Å². The Labute approximate surface area is 155 Å². The van der Waals surface area contributed by atoms with Crippen LogP contribution >= 0.6 is 0 Å². The van der Waals surface area contributed by atoms with Gasteiger partial charge in [-0.2, -0.15) is 0 Å². The maximum atomic E-state index is 10.6. The molecule has 0 spiro atoms. The fourth-order valence-corrected chi connectivity index (χ4v) is 3.64. The summed E-state index contributed by atoms with van der Waals surface area (Å²) in [5.74, 6) is 1.48. The van der Waals surface area contributed by atoms with Gasteiger partial charge in [0.25, 0.3) is 0 Å². The van der Waals surface area contributed by atoms with E-state index in [0.29, 0.717) is 6.42 Å². The first-order valence-electron chi connectivity index (χ1n) is 9.21. The van der Waals surface area contributed by atoms with Crippen molar-refractivity contribution in [2.75, 3.05) is 14.2 Å². The highest BCUT2D eigenvalue weighted by Crippen LogP contribution is 2.42. The average Bonchev–Trinajstić information content (AvgIpc) is 2.69. The summed E-state index contributed by atoms with van der Waals surface area (Å²) >= 11 is 0. The monoisotopic (exact) mass is 356 g/mol. The number of rotatable bonds is 6. The van der Waals surface area contributed by atoms with Crippen molar-refractivity contribution in [3.8, 4) is 11.5 Å². The largest absolute Gasteiger partial charge is 0.497 e. The van der Waals surface area contributed by atoms with Crippen molar-refractivity contribution in [3.05, 3.63) is 59.7 Å². The van der Waals surface area contributed by atoms with Gasteiger partial charge in [0.1, 0.15) is 11.5 Å². The molecular formula is C22H28O4. The summed E-state index contributed by atoms with van der Waals surface area (Å²) in [5.41, 5.74) is 2.26. The molecule has 3 rings (SSSR count). The Kier molecular flexibility index (Phi) is 6.17. The number of aliphatic hydroxyl groups is 1. The van der Waals surface area contributed by atoms with Gasteiger partial charge in [0.2, 0.25) is 0 Å². The second-order valence-electron chi connectivity index (χ2n) is 6.97. The summed E-state index contributed by atoms with van der Waals surface area (Å²) in [4.78, 5) is 0. The molecule has 1 aliphatic heterocycles. The van der Waals surface area contributed by atoms with Gasteiger partial charge in [0.15, 0.2) is 0 Å². The van der Waals surface area contributed by atoms with E-state index < -0.39 is 0 Å². The highest BCUT2D eigenvalue weighted by atomic mass is 16.5. The minimum atomic E-state index is -0.388. The quantitative estimate of drug-likeness (QED) is 0.844. The van der Waals surface area contributed by atoms with Crippen LogP contribution in [0.3, 0.4) is 0 Å². The molecule has 2 aromatic rings. The van der Waals surface area contributed by atoms with E-state index in [9.17, 15) is 5.11 Å². The molecule has 4 nitrogen and oxygen atoms in total. The molecule has 0 bridgehead atoms. The number of aryl methyl sites for hydroxylation is 1. The number of hydrogen-bond donors (Lipinski definition) is 1. The third-order valence-corrected chi connectivity index (χ3v) is 5.27. The van der Waals surface area contributed by atoms with Gasteiger partial charge in [0, 0.05) is 17.5 Å². The van der Waals surface area contributed by atoms with E-state index in [4.69, 9.17) is 14.2 Å². The Bertz CT molecular complexity index is 701. The smallest absolute Gasteiger partial charge is 0.128 e. The normalized spacial score (nSPS) is 25.7. The van der Waals surface area contributed by atoms with Crippen molar-refractivity contribution < 1.29 is 19.3 Å². The predicted molar refractivity (Wildman–Crippen MR) is 102 cm³/mol. The Morgan fingerprint density at radius 1 is 1.08 bits per heavy atom. The lowest BCUT2D eigenvalue weighted by molar-refractivity contribution is -0.135. The second-order valence-corrected chi connectivity index (χ2v) is 6.97. The average molecular weight is 356 g/mol. The molecule has 0 aromatic heterocycles. The van der Waals surface area contributed by atoms with Crippen molar-refractivity contribution in [2.24, 2.45) is 5.92 Å². The Hall–Kier alpha value is -2.04. The minimum absolute atomic E-state index is 0.00488. The molecule has 26 heavy (non-hydrogen) atoms. The molecule has 1 saturated heterocycles. The molecule has 2 aromatic carbocycles. The highest BCUT2D eigenvalue weighted by Gasteiger charge is 2.37. The zero-order valence-corrected chi connectivity index (χ0v) is 15.7. The van der Waals surface area contributed by atoms with Crippen LogP contribution in [0, 0.1) is 5.92 Å². The minimum Gasteiger partial charge on any atom is -0.497 e. The summed E-state index contributed by atoms with van der Waals surface area (Å²) < 4.78 is 17.2. The molecule has 140 valence electrons. The standard InChI is InChI=1S/C22H28O4/c1-15-20(23)13-18(10-9-16-7-5-4-6-8-16)26-22(15)19-12-11-17(24-2)14-21(19)25-3/h4-8,11-12,14-15,18,20,22-23H,9-10,13H2,1-3H3/t15-,18-,20+,22-/m1/s1. The second kappa shape index (κ2) is 8.56. The van der Waals surface area contributed by atoms with E-state index in [1.54, 1.807) is 14.2 Å². The summed E-state index contributed by atoms with van der Waals surface area (Å²) in [6.45, 7) is 2.03. The number of benzene rings is 2. The Morgan fingerprint density at radius 2 is 1.85 bits per heavy atom. The van der Waals surface area contributed by atoms with Gasteiger partial charge in [-0.3, -0.25) is 0 Å². The van der Waals surface area contributed by atoms with Crippen LogP contribution in [0.1, 0.15) is 37.0 Å². The van der Waals surface area contributed by atoms with Gasteiger partial charge in [-0.05, 0) is 37.0 Å². The van der Waals surface area contributed by atoms with E-state index in [2.05, 4.69) is 24.3 Å². The summed E-state index contributed by atoms with van der Waals surface area (Å²) in [5, 5.41) is 10.6. The third-order valence-electron chi connectivity index (χ3n) is 5.27. The van der Waals surface area contributed by atoms with E-state index in [1.165, 1.54) is 5.56 Å². The molecule has 0 unspecified atom stereocenters. The summed E-state index contributed by atoms with van der Waals surface area (Å²) in [6.07, 6.45) is 1.95. The lowest BCUT2D eigenvalue weighted by atomic mass is 9.85. The fourth-order valence-electron chi connectivity index (χ4n) is 3.64. The SMILES string of the molecule is COc1ccc([C@@H]2O[C@H](CCc3ccccc3)C[C@H](O)[C@H]2C)c(OC)c1. The number of ether oxygens (including phenoxy) is 3. The zero-order chi connectivity index (χ0) is 18.5. The first-order chi connectivity index (χ1) is 12.6. The molecule has 0 saturated carbocycles. The van der Waals surface area contributed by atoms with Crippen LogP contribution in [-0.4, -0.2) is 31.5 Å². The Morgan fingerprint density at radius 3 is 2.54 bits per heavy atom. The Balaban J connectivity index is 1.75. The van der Waals surface area contributed by atoms with Crippen LogP contribution in [0.25, 0.3) is 0 Å². The number of methoxy groups -OCH3 is 2. The first kappa shape index (κ1) is 18.7. The predicted octanol–water partition coefficient (Wildman–Crippen LogP) is 4.16. The maximum Gasteiger partial charge on any atom is 0.128 e. The van der Waals surface area contributed by atoms with Crippen molar-refractivity contribution in [1.82, 2.24) is 0 Å². The number of hydrogen-bond acceptors (Lipinski definition) is 4. The van der Waals surface area contributed by atoms with Crippen molar-refractivity contribution >= 4 is 0 Å². The van der Waals surface area contributed by atoms with Gasteiger partial charge in [-0.1, -0.05) is 37.3 Å². The molecule has 4 heteroatoms. The molecule has 1 heterocycles. The molecule has 0 radical (unpaired) electrons. The lowest BCUT2D eigenvalue weighted by Gasteiger charge is -2.39. The summed E-state index contributed by atoms with van der Waals surface area (Å²) in [6, 6.07) is 16.2. The third kappa shape index (κ3) is 4.19. The zero-order valence-electron chi connectivity index (χ0n) is 15.7. The van der Waals surface area contributed by atoms with E-state index >= 15 is 0 Å². The van der Waals surface area contributed by atoms with Gasteiger partial charge in [-0.15, -0.1) is 0 Å². The van der Waals surface area contributed by atoms with E-state index in [1.807, 2.05) is 31.2 Å². The van der Waals surface area contributed by atoms with Crippen LogP contribution in [0.15, 0.2) is 48.5 Å². The maximum absolute atomic E-state index is 10.6. The van der Waals surface area contributed by atoms with Gasteiger partial charge in [0.05, 0.1) is 32.5 Å². The first-order valence-corrected chi connectivity index (χ1v) is 9.21. The van der Waals surface area contributed by atoms with Gasteiger partial charge < -0.3 is 19.3 Å². The molecule has 1 aliphatic rings. The summed E-state index contributed by atoms with van der Waals surface area (Å²) in [7, 11) is 3.28. The lowest BCUT2D eigenvalue weighted by Crippen LogP contribution is -2.38. The van der Waals surface area contributed by atoms with Crippen LogP contribution in [0.4, 0.5) is 0 Å². The van der Waals surface area contributed by atoms with Gasteiger partial charge in [-0.25, -0.2) is 0 Å². The fraction of sp³-hybridized carbons (Fsp3) is 0.455. The topological polar surface area (TPSA) is 47.9 Å². The molecular weight excluding hydrogens is 328 g/mol. The van der Waals surface area contributed by atoms with Gasteiger partial charge >= 0.3 is 0 Å². The van der Waals surface area contributed by atoms with E-state index in [-0.39, 0.29) is 24.2 Å². The van der Waals surface area contributed by atoms with Crippen LogP contribution in [0.5, 0.6) is 11.5 Å². The van der Waals surface area contributed by atoms with Crippen molar-refractivity contribution in [3.63, 3.8) is 0 Å². The molecule has 1 fully saturated rings. The van der Waals surface area contributed by atoms with Crippen LogP contribution in [-0.2, 0) is 11.2 Å².